The molecule has 19 heavy (non-hydrogen) atoms. The Morgan fingerprint density at radius 3 is 2.89 bits per heavy atom. The predicted molar refractivity (Wildman–Crippen MR) is 71.7 cm³/mol. The largest absolute Gasteiger partial charge is 0.396 e. The number of aliphatic hydroxyl groups excluding tert-OH is 1. The molecular formula is C14H20N2O3. The lowest BCUT2D eigenvalue weighted by Crippen LogP contribution is -2.37. The summed E-state index contributed by atoms with van der Waals surface area (Å²) in [5.74, 6) is 0.469. The van der Waals surface area contributed by atoms with Crippen LogP contribution in [0.5, 0.6) is 0 Å². The topological polar surface area (TPSA) is 71.3 Å². The van der Waals surface area contributed by atoms with Gasteiger partial charge in [0.05, 0.1) is 0 Å². The molecule has 1 heterocycles. The van der Waals surface area contributed by atoms with Gasteiger partial charge in [0.1, 0.15) is 0 Å². The molecule has 1 aliphatic carbocycles. The maximum atomic E-state index is 11.8. The molecular weight excluding hydrogens is 244 g/mol. The van der Waals surface area contributed by atoms with Gasteiger partial charge in [-0.3, -0.25) is 9.59 Å². The van der Waals surface area contributed by atoms with Crippen molar-refractivity contribution in [1.82, 2.24) is 9.88 Å². The summed E-state index contributed by atoms with van der Waals surface area (Å²) < 4.78 is 1.53. The minimum absolute atomic E-state index is 0.0545. The van der Waals surface area contributed by atoms with Crippen LogP contribution in [0.3, 0.4) is 0 Å². The number of pyridine rings is 1. The fraction of sp³-hybridized carbons (Fsp3) is 0.571. The van der Waals surface area contributed by atoms with Crippen molar-refractivity contribution in [2.24, 2.45) is 5.92 Å². The second-order valence-corrected chi connectivity index (χ2v) is 5.01. The lowest BCUT2D eigenvalue weighted by molar-refractivity contribution is -0.122. The van der Waals surface area contributed by atoms with Crippen molar-refractivity contribution in [3.63, 3.8) is 0 Å². The first-order valence-corrected chi connectivity index (χ1v) is 6.76. The van der Waals surface area contributed by atoms with Crippen molar-refractivity contribution in [3.8, 4) is 0 Å². The number of hydrogen-bond donors (Lipinski definition) is 2. The predicted octanol–water partition coefficient (Wildman–Crippen LogP) is 0.516. The molecule has 2 rings (SSSR count). The van der Waals surface area contributed by atoms with Gasteiger partial charge in [-0.15, -0.1) is 0 Å². The second kappa shape index (κ2) is 6.52. The van der Waals surface area contributed by atoms with Gasteiger partial charge in [0, 0.05) is 37.9 Å². The number of aryl methyl sites for hydroxylation is 1. The van der Waals surface area contributed by atoms with E-state index in [1.807, 2.05) is 0 Å². The third-order valence-electron chi connectivity index (χ3n) is 3.46. The Hall–Kier alpha value is -1.62. The molecule has 1 amide bonds. The highest BCUT2D eigenvalue weighted by molar-refractivity contribution is 5.76. The number of nitrogens with one attached hydrogen (secondary N) is 1. The highest BCUT2D eigenvalue weighted by Crippen LogP contribution is 2.33. The van der Waals surface area contributed by atoms with Crippen LogP contribution in [0.15, 0.2) is 29.2 Å². The molecule has 0 aliphatic heterocycles. The SMILES string of the molecule is O=C(CCn1ccccc1=O)NC(CCO)C1CC1. The number of carbonyl (C=O) groups is 1. The minimum atomic E-state index is -0.0931. The molecule has 0 aromatic carbocycles. The lowest BCUT2D eigenvalue weighted by Gasteiger charge is -2.17. The minimum Gasteiger partial charge on any atom is -0.396 e. The maximum Gasteiger partial charge on any atom is 0.250 e. The molecule has 1 fully saturated rings. The van der Waals surface area contributed by atoms with Crippen LogP contribution < -0.4 is 10.9 Å². The molecule has 104 valence electrons. The Morgan fingerprint density at radius 1 is 1.47 bits per heavy atom. The number of aliphatic hydroxyl groups is 1. The summed E-state index contributed by atoms with van der Waals surface area (Å²) >= 11 is 0. The van der Waals surface area contributed by atoms with Crippen LogP contribution >= 0.6 is 0 Å². The van der Waals surface area contributed by atoms with Crippen LogP contribution in [0.2, 0.25) is 0 Å². The molecule has 5 heteroatoms. The van der Waals surface area contributed by atoms with Crippen LogP contribution in [0, 0.1) is 5.92 Å². The molecule has 2 N–H and O–H groups in total. The zero-order valence-corrected chi connectivity index (χ0v) is 10.9. The van der Waals surface area contributed by atoms with Crippen molar-refractivity contribution < 1.29 is 9.90 Å². The standard InChI is InChI=1S/C14H20N2O3/c17-10-7-12(11-4-5-11)15-13(18)6-9-16-8-2-1-3-14(16)19/h1-3,8,11-12,17H,4-7,9-10H2,(H,15,18). The third kappa shape index (κ3) is 4.21. The van der Waals surface area contributed by atoms with E-state index in [4.69, 9.17) is 5.11 Å². The monoisotopic (exact) mass is 264 g/mol. The second-order valence-electron chi connectivity index (χ2n) is 5.01. The van der Waals surface area contributed by atoms with E-state index in [1.165, 1.54) is 10.6 Å². The summed E-state index contributed by atoms with van der Waals surface area (Å²) in [5.41, 5.74) is -0.0931. The van der Waals surface area contributed by atoms with Crippen molar-refractivity contribution in [1.29, 1.82) is 0 Å². The highest BCUT2D eigenvalue weighted by Gasteiger charge is 2.31. The highest BCUT2D eigenvalue weighted by atomic mass is 16.3. The van der Waals surface area contributed by atoms with E-state index in [-0.39, 0.29) is 24.1 Å². The van der Waals surface area contributed by atoms with Crippen LogP contribution in [0.1, 0.15) is 25.7 Å². The normalized spacial score (nSPS) is 16.1. The van der Waals surface area contributed by atoms with Crippen LogP contribution in [0.25, 0.3) is 0 Å². The molecule has 1 unspecified atom stereocenters. The Balaban J connectivity index is 1.81. The van der Waals surface area contributed by atoms with Crippen LogP contribution in [0.4, 0.5) is 0 Å². The van der Waals surface area contributed by atoms with Crippen molar-refractivity contribution in [2.75, 3.05) is 6.61 Å². The van der Waals surface area contributed by atoms with Gasteiger partial charge >= 0.3 is 0 Å². The van der Waals surface area contributed by atoms with Gasteiger partial charge in [-0.2, -0.15) is 0 Å². The van der Waals surface area contributed by atoms with E-state index in [9.17, 15) is 9.59 Å². The number of amides is 1. The zero-order chi connectivity index (χ0) is 13.7. The Labute approximate surface area is 112 Å². The average Bonchev–Trinajstić information content (AvgIpc) is 3.21. The van der Waals surface area contributed by atoms with E-state index >= 15 is 0 Å². The first-order chi connectivity index (χ1) is 9.20. The van der Waals surface area contributed by atoms with Gasteiger partial charge in [-0.1, -0.05) is 6.07 Å². The molecule has 1 atom stereocenters. The molecule has 0 radical (unpaired) electrons. The lowest BCUT2D eigenvalue weighted by atomic mass is 10.1. The van der Waals surface area contributed by atoms with Crippen molar-refractivity contribution in [3.05, 3.63) is 34.7 Å². The molecule has 1 aromatic rings. The molecule has 5 nitrogen and oxygen atoms in total. The van der Waals surface area contributed by atoms with Crippen molar-refractivity contribution >= 4 is 5.91 Å². The van der Waals surface area contributed by atoms with E-state index in [0.717, 1.165) is 12.8 Å². The molecule has 0 saturated heterocycles. The van der Waals surface area contributed by atoms with Gasteiger partial charge in [-0.05, 0) is 31.2 Å². The van der Waals surface area contributed by atoms with Gasteiger partial charge in [0.2, 0.25) is 5.91 Å². The molecule has 0 spiro atoms. The van der Waals surface area contributed by atoms with E-state index in [1.54, 1.807) is 18.3 Å². The van der Waals surface area contributed by atoms with E-state index in [2.05, 4.69) is 5.32 Å². The van der Waals surface area contributed by atoms with Crippen LogP contribution in [-0.2, 0) is 11.3 Å². The summed E-state index contributed by atoms with van der Waals surface area (Å²) in [6.07, 6.45) is 4.84. The fourth-order valence-corrected chi connectivity index (χ4v) is 2.21. The molecule has 1 aromatic heterocycles. The zero-order valence-electron chi connectivity index (χ0n) is 10.9. The quantitative estimate of drug-likeness (QED) is 0.754. The summed E-state index contributed by atoms with van der Waals surface area (Å²) in [4.78, 5) is 23.3. The number of rotatable bonds is 7. The Kier molecular flexibility index (Phi) is 4.74. The van der Waals surface area contributed by atoms with E-state index < -0.39 is 0 Å². The molecule has 0 bridgehead atoms. The van der Waals surface area contributed by atoms with Crippen LogP contribution in [-0.4, -0.2) is 28.2 Å². The van der Waals surface area contributed by atoms with Crippen molar-refractivity contribution in [2.45, 2.75) is 38.3 Å². The first-order valence-electron chi connectivity index (χ1n) is 6.76. The van der Waals surface area contributed by atoms with Gasteiger partial charge < -0.3 is 15.0 Å². The Bertz CT molecular complexity index is 480. The average molecular weight is 264 g/mol. The third-order valence-corrected chi connectivity index (χ3v) is 3.46. The van der Waals surface area contributed by atoms with Gasteiger partial charge in [-0.25, -0.2) is 0 Å². The maximum absolute atomic E-state index is 11.8. The van der Waals surface area contributed by atoms with Gasteiger partial charge in [0.25, 0.3) is 5.56 Å². The summed E-state index contributed by atoms with van der Waals surface area (Å²) in [6.45, 7) is 0.488. The summed E-state index contributed by atoms with van der Waals surface area (Å²) in [5, 5.41) is 11.9. The number of hydrogen-bond acceptors (Lipinski definition) is 3. The number of aromatic nitrogens is 1. The molecule has 1 aliphatic rings. The first kappa shape index (κ1) is 13.8. The van der Waals surface area contributed by atoms with E-state index in [0.29, 0.717) is 25.3 Å². The Morgan fingerprint density at radius 2 is 2.26 bits per heavy atom. The number of carbonyl (C=O) groups excluding carboxylic acids is 1. The number of nitrogens with zero attached hydrogens (tertiary/aromatic N) is 1. The molecule has 1 saturated carbocycles. The smallest absolute Gasteiger partial charge is 0.250 e. The van der Waals surface area contributed by atoms with Gasteiger partial charge in [0.15, 0.2) is 0 Å². The fourth-order valence-electron chi connectivity index (χ4n) is 2.21. The summed E-state index contributed by atoms with van der Waals surface area (Å²) in [7, 11) is 0. The summed E-state index contributed by atoms with van der Waals surface area (Å²) in [6, 6.07) is 5.03.